The molecule has 1 saturated heterocycles. The number of hydrogen-bond acceptors (Lipinski definition) is 2. The van der Waals surface area contributed by atoms with Crippen molar-refractivity contribution in [2.75, 3.05) is 18.4 Å². The number of benzene rings is 1. The molecule has 1 N–H and O–H groups in total. The molecule has 1 fully saturated rings. The third-order valence-electron chi connectivity index (χ3n) is 3.58. The molecule has 4 nitrogen and oxygen atoms in total. The van der Waals surface area contributed by atoms with E-state index in [0.717, 1.165) is 30.4 Å². The molecule has 0 bridgehead atoms. The molecule has 0 aliphatic carbocycles. The number of nitrogens with one attached hydrogen (secondary N) is 1. The molecule has 2 heterocycles. The van der Waals surface area contributed by atoms with Crippen LogP contribution in [0, 0.1) is 0 Å². The van der Waals surface area contributed by atoms with Gasteiger partial charge in [0.25, 0.3) is 0 Å². The highest BCUT2D eigenvalue weighted by Crippen LogP contribution is 2.16. The van der Waals surface area contributed by atoms with Crippen LogP contribution < -0.4 is 5.32 Å². The first-order valence-electron chi connectivity index (χ1n) is 7.47. The number of rotatable bonds is 2. The lowest BCUT2D eigenvalue weighted by Crippen LogP contribution is -2.39. The molecule has 0 atom stereocenters. The van der Waals surface area contributed by atoms with Gasteiger partial charge in [-0.05, 0) is 43.5 Å². The van der Waals surface area contributed by atoms with E-state index in [1.807, 2.05) is 30.3 Å². The predicted molar refractivity (Wildman–Crippen MR) is 86.8 cm³/mol. The number of para-hydroxylation sites is 1. The number of nitrogens with zero attached hydrogens (tertiary/aromatic N) is 3. The summed E-state index contributed by atoms with van der Waals surface area (Å²) in [5, 5.41) is 3.45. The van der Waals surface area contributed by atoms with E-state index < -0.39 is 0 Å². The average Bonchev–Trinajstić information content (AvgIpc) is 2.57. The second kappa shape index (κ2) is 6.88. The van der Waals surface area contributed by atoms with Crippen LogP contribution in [0.2, 0.25) is 0 Å². The van der Waals surface area contributed by atoms with Crippen molar-refractivity contribution in [3.63, 3.8) is 0 Å². The molecular formula is C17H20N4. The highest BCUT2D eigenvalue weighted by atomic mass is 15.3. The molecule has 1 aliphatic rings. The lowest BCUT2D eigenvalue weighted by molar-refractivity contribution is 0.341. The van der Waals surface area contributed by atoms with Crippen molar-refractivity contribution >= 4 is 17.3 Å². The molecule has 108 valence electrons. The maximum atomic E-state index is 4.77. The first-order chi connectivity index (χ1) is 10.4. The molecule has 4 heteroatoms. The van der Waals surface area contributed by atoms with E-state index in [9.17, 15) is 0 Å². The van der Waals surface area contributed by atoms with Crippen molar-refractivity contribution in [2.45, 2.75) is 19.3 Å². The van der Waals surface area contributed by atoms with Crippen LogP contribution in [-0.2, 0) is 0 Å². The number of piperidine rings is 1. The van der Waals surface area contributed by atoms with Crippen molar-refractivity contribution in [3.8, 4) is 0 Å². The highest BCUT2D eigenvalue weighted by molar-refractivity contribution is 5.95. The lowest BCUT2D eigenvalue weighted by Gasteiger charge is -2.30. The van der Waals surface area contributed by atoms with Gasteiger partial charge in [0.1, 0.15) is 0 Å². The Morgan fingerprint density at radius 3 is 2.38 bits per heavy atom. The van der Waals surface area contributed by atoms with Crippen LogP contribution in [0.1, 0.15) is 19.3 Å². The van der Waals surface area contributed by atoms with Gasteiger partial charge < -0.3 is 10.2 Å². The molecule has 0 saturated carbocycles. The summed E-state index contributed by atoms with van der Waals surface area (Å²) in [5.74, 6) is 0.923. The average molecular weight is 280 g/mol. The van der Waals surface area contributed by atoms with Crippen molar-refractivity contribution in [1.29, 1.82) is 0 Å². The number of hydrogen-bond donors (Lipinski definition) is 1. The van der Waals surface area contributed by atoms with E-state index in [2.05, 4.69) is 27.3 Å². The van der Waals surface area contributed by atoms with Crippen LogP contribution >= 0.6 is 0 Å². The summed E-state index contributed by atoms with van der Waals surface area (Å²) in [7, 11) is 0. The summed E-state index contributed by atoms with van der Waals surface area (Å²) in [6, 6.07) is 14.1. The fourth-order valence-electron chi connectivity index (χ4n) is 2.47. The minimum atomic E-state index is 0.923. The zero-order valence-corrected chi connectivity index (χ0v) is 12.1. The summed E-state index contributed by atoms with van der Waals surface area (Å²) in [5.41, 5.74) is 1.99. The molecule has 1 aromatic carbocycles. The van der Waals surface area contributed by atoms with Crippen molar-refractivity contribution in [1.82, 2.24) is 9.88 Å². The van der Waals surface area contributed by atoms with Gasteiger partial charge in [-0.2, -0.15) is 0 Å². The van der Waals surface area contributed by atoms with Crippen molar-refractivity contribution in [3.05, 3.63) is 54.9 Å². The highest BCUT2D eigenvalue weighted by Gasteiger charge is 2.15. The van der Waals surface area contributed by atoms with Gasteiger partial charge in [-0.3, -0.25) is 4.98 Å². The van der Waals surface area contributed by atoms with E-state index in [4.69, 9.17) is 4.99 Å². The number of aliphatic imine (C=N–C) groups is 1. The first kappa shape index (κ1) is 13.6. The molecule has 21 heavy (non-hydrogen) atoms. The molecule has 0 unspecified atom stereocenters. The number of pyridine rings is 1. The van der Waals surface area contributed by atoms with E-state index >= 15 is 0 Å². The second-order valence-corrected chi connectivity index (χ2v) is 5.18. The summed E-state index contributed by atoms with van der Waals surface area (Å²) < 4.78 is 0. The SMILES string of the molecule is c1ccc(NC(=Nc2ccncc2)N2CCCCC2)cc1. The van der Waals surface area contributed by atoms with Crippen LogP contribution in [0.3, 0.4) is 0 Å². The summed E-state index contributed by atoms with van der Waals surface area (Å²) in [6.45, 7) is 2.12. The van der Waals surface area contributed by atoms with Crippen LogP contribution in [0.25, 0.3) is 0 Å². The number of guanidine groups is 1. The van der Waals surface area contributed by atoms with E-state index in [1.165, 1.54) is 19.3 Å². The smallest absolute Gasteiger partial charge is 0.203 e. The Hall–Kier alpha value is -2.36. The maximum absolute atomic E-state index is 4.77. The van der Waals surface area contributed by atoms with Gasteiger partial charge in [-0.15, -0.1) is 0 Å². The summed E-state index contributed by atoms with van der Waals surface area (Å²) >= 11 is 0. The second-order valence-electron chi connectivity index (χ2n) is 5.18. The monoisotopic (exact) mass is 280 g/mol. The third-order valence-corrected chi connectivity index (χ3v) is 3.58. The minimum absolute atomic E-state index is 0.923. The lowest BCUT2D eigenvalue weighted by atomic mass is 10.1. The van der Waals surface area contributed by atoms with Crippen LogP contribution in [-0.4, -0.2) is 28.9 Å². The zero-order valence-electron chi connectivity index (χ0n) is 12.1. The fraction of sp³-hybridized carbons (Fsp3) is 0.294. The van der Waals surface area contributed by atoms with Crippen molar-refractivity contribution in [2.24, 2.45) is 4.99 Å². The fourth-order valence-corrected chi connectivity index (χ4v) is 2.47. The normalized spacial score (nSPS) is 15.8. The maximum Gasteiger partial charge on any atom is 0.203 e. The standard InChI is InChI=1S/C17H20N4/c1-3-7-15(8-4-1)19-17(21-13-5-2-6-14-21)20-16-9-11-18-12-10-16/h1,3-4,7-12H,2,5-6,13-14H2,(H,18,19,20). The van der Waals surface area contributed by atoms with Gasteiger partial charge in [0.05, 0.1) is 5.69 Å². The van der Waals surface area contributed by atoms with E-state index in [1.54, 1.807) is 12.4 Å². The molecule has 2 aromatic rings. The quantitative estimate of drug-likeness (QED) is 0.674. The molecule has 0 radical (unpaired) electrons. The Morgan fingerprint density at radius 1 is 0.952 bits per heavy atom. The molecule has 0 spiro atoms. The van der Waals surface area contributed by atoms with Gasteiger partial charge in [0.2, 0.25) is 5.96 Å². The molecule has 1 aromatic heterocycles. The minimum Gasteiger partial charge on any atom is -0.342 e. The zero-order chi connectivity index (χ0) is 14.3. The Morgan fingerprint density at radius 2 is 1.67 bits per heavy atom. The third kappa shape index (κ3) is 3.81. The Kier molecular flexibility index (Phi) is 4.46. The molecule has 3 rings (SSSR count). The largest absolute Gasteiger partial charge is 0.342 e. The summed E-state index contributed by atoms with van der Waals surface area (Å²) in [6.07, 6.45) is 7.31. The van der Waals surface area contributed by atoms with Gasteiger partial charge in [0.15, 0.2) is 0 Å². The molecule has 0 amide bonds. The van der Waals surface area contributed by atoms with E-state index in [0.29, 0.717) is 0 Å². The van der Waals surface area contributed by atoms with Gasteiger partial charge in [-0.1, -0.05) is 18.2 Å². The van der Waals surface area contributed by atoms with Crippen LogP contribution in [0.15, 0.2) is 59.9 Å². The number of likely N-dealkylation sites (tertiary alicyclic amines) is 1. The van der Waals surface area contributed by atoms with Gasteiger partial charge in [-0.25, -0.2) is 4.99 Å². The van der Waals surface area contributed by atoms with Gasteiger partial charge >= 0.3 is 0 Å². The summed E-state index contributed by atoms with van der Waals surface area (Å²) in [4.78, 5) is 11.1. The number of anilines is 1. The van der Waals surface area contributed by atoms with Crippen LogP contribution in [0.5, 0.6) is 0 Å². The Bertz CT molecular complexity index is 574. The number of aromatic nitrogens is 1. The van der Waals surface area contributed by atoms with E-state index in [-0.39, 0.29) is 0 Å². The molecular weight excluding hydrogens is 260 g/mol. The Balaban J connectivity index is 1.85. The van der Waals surface area contributed by atoms with Gasteiger partial charge in [0, 0.05) is 31.2 Å². The molecule has 1 aliphatic heterocycles. The predicted octanol–water partition coefficient (Wildman–Crippen LogP) is 3.67. The van der Waals surface area contributed by atoms with Crippen molar-refractivity contribution < 1.29 is 0 Å². The van der Waals surface area contributed by atoms with Crippen LogP contribution in [0.4, 0.5) is 11.4 Å². The topological polar surface area (TPSA) is 40.5 Å². The first-order valence-corrected chi connectivity index (χ1v) is 7.47. The Labute approximate surface area is 125 Å².